The van der Waals surface area contributed by atoms with Crippen molar-refractivity contribution < 1.29 is 19.4 Å². The monoisotopic (exact) mass is 296 g/mol. The van der Waals surface area contributed by atoms with Gasteiger partial charge in [0.2, 0.25) is 0 Å². The molecule has 118 valence electrons. The summed E-state index contributed by atoms with van der Waals surface area (Å²) in [7, 11) is 1.62. The third-order valence-corrected chi connectivity index (χ3v) is 2.86. The maximum atomic E-state index is 11.4. The van der Waals surface area contributed by atoms with Crippen LogP contribution < -0.4 is 20.1 Å². The van der Waals surface area contributed by atoms with Crippen molar-refractivity contribution >= 4 is 6.03 Å². The van der Waals surface area contributed by atoms with Crippen LogP contribution in [0.2, 0.25) is 0 Å². The minimum absolute atomic E-state index is 0.0640. The number of nitrogens with one attached hydrogen (secondary N) is 2. The molecule has 0 fully saturated rings. The zero-order valence-electron chi connectivity index (χ0n) is 12.6. The number of aliphatic hydroxyl groups excluding tert-OH is 1. The fourth-order valence-electron chi connectivity index (χ4n) is 1.53. The van der Waals surface area contributed by atoms with E-state index >= 15 is 0 Å². The summed E-state index contributed by atoms with van der Waals surface area (Å²) < 4.78 is 10.6. The van der Waals surface area contributed by atoms with Gasteiger partial charge in [-0.25, -0.2) is 4.79 Å². The first kappa shape index (κ1) is 17.1. The Bertz CT molecular complexity index is 409. The van der Waals surface area contributed by atoms with Crippen molar-refractivity contribution in [2.24, 2.45) is 5.92 Å². The van der Waals surface area contributed by atoms with E-state index in [4.69, 9.17) is 14.6 Å². The van der Waals surface area contributed by atoms with Crippen LogP contribution in [0, 0.1) is 5.92 Å². The maximum absolute atomic E-state index is 11.4. The highest BCUT2D eigenvalue weighted by molar-refractivity contribution is 5.73. The second-order valence-electron chi connectivity index (χ2n) is 4.80. The highest BCUT2D eigenvalue weighted by Crippen LogP contribution is 2.16. The second kappa shape index (κ2) is 9.88. The lowest BCUT2D eigenvalue weighted by Gasteiger charge is -2.11. The average molecular weight is 296 g/mol. The summed E-state index contributed by atoms with van der Waals surface area (Å²) >= 11 is 0. The number of carbonyl (C=O) groups is 1. The molecular formula is C15H24N2O4. The zero-order chi connectivity index (χ0) is 15.5. The van der Waals surface area contributed by atoms with Crippen LogP contribution >= 0.6 is 0 Å². The number of urea groups is 1. The number of carbonyl (C=O) groups excluding carboxylic acids is 1. The molecule has 0 aliphatic rings. The van der Waals surface area contributed by atoms with Gasteiger partial charge in [0.15, 0.2) is 0 Å². The van der Waals surface area contributed by atoms with Crippen molar-refractivity contribution in [3.8, 4) is 11.5 Å². The summed E-state index contributed by atoms with van der Waals surface area (Å²) in [6, 6.07) is 7.14. The van der Waals surface area contributed by atoms with Crippen LogP contribution in [0.5, 0.6) is 11.5 Å². The minimum Gasteiger partial charge on any atom is -0.497 e. The van der Waals surface area contributed by atoms with Gasteiger partial charge in [-0.3, -0.25) is 0 Å². The van der Waals surface area contributed by atoms with Gasteiger partial charge in [-0.15, -0.1) is 0 Å². The predicted molar refractivity (Wildman–Crippen MR) is 80.8 cm³/mol. The fourth-order valence-corrected chi connectivity index (χ4v) is 1.53. The molecule has 1 atom stereocenters. The van der Waals surface area contributed by atoms with Gasteiger partial charge in [0.1, 0.15) is 11.5 Å². The molecular weight excluding hydrogens is 272 g/mol. The first-order chi connectivity index (χ1) is 10.2. The smallest absolute Gasteiger partial charge is 0.314 e. The van der Waals surface area contributed by atoms with Crippen molar-refractivity contribution in [3.05, 3.63) is 24.3 Å². The lowest BCUT2D eigenvalue weighted by Crippen LogP contribution is -2.39. The SMILES string of the molecule is COc1ccc(OCCCNC(=O)NCC(C)CO)cc1. The normalized spacial score (nSPS) is 11.6. The van der Waals surface area contributed by atoms with Gasteiger partial charge >= 0.3 is 6.03 Å². The minimum atomic E-state index is -0.222. The number of methoxy groups -OCH3 is 1. The average Bonchev–Trinajstić information content (AvgIpc) is 2.52. The summed E-state index contributed by atoms with van der Waals surface area (Å²) in [5, 5.41) is 14.3. The quantitative estimate of drug-likeness (QED) is 0.602. The fraction of sp³-hybridized carbons (Fsp3) is 0.533. The van der Waals surface area contributed by atoms with Gasteiger partial charge in [0, 0.05) is 19.7 Å². The Labute approximate surface area is 125 Å². The molecule has 1 unspecified atom stereocenters. The third kappa shape index (κ3) is 7.41. The van der Waals surface area contributed by atoms with Crippen molar-refractivity contribution in [1.82, 2.24) is 10.6 Å². The van der Waals surface area contributed by atoms with Crippen LogP contribution in [-0.2, 0) is 0 Å². The molecule has 21 heavy (non-hydrogen) atoms. The predicted octanol–water partition coefficient (Wildman–Crippen LogP) is 1.39. The largest absolute Gasteiger partial charge is 0.497 e. The van der Waals surface area contributed by atoms with Crippen molar-refractivity contribution in [3.63, 3.8) is 0 Å². The van der Waals surface area contributed by atoms with E-state index in [0.29, 0.717) is 19.7 Å². The molecule has 0 saturated carbocycles. The summed E-state index contributed by atoms with van der Waals surface area (Å²) in [5.74, 6) is 1.63. The first-order valence-electron chi connectivity index (χ1n) is 7.05. The van der Waals surface area contributed by atoms with Gasteiger partial charge in [-0.2, -0.15) is 0 Å². The number of hydrogen-bond donors (Lipinski definition) is 3. The van der Waals surface area contributed by atoms with Gasteiger partial charge in [-0.05, 0) is 36.6 Å². The molecule has 6 heteroatoms. The number of aliphatic hydroxyl groups is 1. The molecule has 0 saturated heterocycles. The molecule has 0 aromatic heterocycles. The Kier molecular flexibility index (Phi) is 8.04. The van der Waals surface area contributed by atoms with Gasteiger partial charge < -0.3 is 25.2 Å². The first-order valence-corrected chi connectivity index (χ1v) is 7.05. The molecule has 0 spiro atoms. The number of hydrogen-bond acceptors (Lipinski definition) is 4. The van der Waals surface area contributed by atoms with Crippen molar-refractivity contribution in [2.45, 2.75) is 13.3 Å². The second-order valence-corrected chi connectivity index (χ2v) is 4.80. The van der Waals surface area contributed by atoms with Crippen LogP contribution in [-0.4, -0.2) is 44.6 Å². The van der Waals surface area contributed by atoms with Gasteiger partial charge in [0.25, 0.3) is 0 Å². The van der Waals surface area contributed by atoms with Crippen LogP contribution in [0.3, 0.4) is 0 Å². The van der Waals surface area contributed by atoms with Crippen molar-refractivity contribution in [1.29, 1.82) is 0 Å². The van der Waals surface area contributed by atoms with Crippen LogP contribution in [0.25, 0.3) is 0 Å². The van der Waals surface area contributed by atoms with E-state index in [-0.39, 0.29) is 18.6 Å². The summed E-state index contributed by atoms with van der Waals surface area (Å²) in [6.45, 7) is 3.46. The molecule has 0 bridgehead atoms. The van der Waals surface area contributed by atoms with E-state index < -0.39 is 0 Å². The lowest BCUT2D eigenvalue weighted by molar-refractivity contribution is 0.221. The summed E-state index contributed by atoms with van der Waals surface area (Å²) in [5.41, 5.74) is 0. The Hall–Kier alpha value is -1.95. The molecule has 1 aromatic rings. The van der Waals surface area contributed by atoms with Crippen LogP contribution in [0.1, 0.15) is 13.3 Å². The van der Waals surface area contributed by atoms with Gasteiger partial charge in [0.05, 0.1) is 13.7 Å². The van der Waals surface area contributed by atoms with E-state index in [9.17, 15) is 4.79 Å². The van der Waals surface area contributed by atoms with Crippen LogP contribution in [0.15, 0.2) is 24.3 Å². The summed E-state index contributed by atoms with van der Waals surface area (Å²) in [6.07, 6.45) is 0.717. The molecule has 0 aliphatic carbocycles. The topological polar surface area (TPSA) is 79.8 Å². The molecule has 1 rings (SSSR count). The maximum Gasteiger partial charge on any atom is 0.314 e. The highest BCUT2D eigenvalue weighted by atomic mass is 16.5. The Morgan fingerprint density at radius 3 is 2.52 bits per heavy atom. The molecule has 0 radical (unpaired) electrons. The Morgan fingerprint density at radius 2 is 1.90 bits per heavy atom. The lowest BCUT2D eigenvalue weighted by atomic mass is 10.2. The molecule has 6 nitrogen and oxygen atoms in total. The Balaban J connectivity index is 2.07. The number of rotatable bonds is 9. The van der Waals surface area contributed by atoms with E-state index in [2.05, 4.69) is 10.6 Å². The molecule has 3 N–H and O–H groups in total. The number of benzene rings is 1. The summed E-state index contributed by atoms with van der Waals surface area (Å²) in [4.78, 5) is 11.4. The van der Waals surface area contributed by atoms with E-state index in [0.717, 1.165) is 17.9 Å². The van der Waals surface area contributed by atoms with Crippen LogP contribution in [0.4, 0.5) is 4.79 Å². The molecule has 1 aromatic carbocycles. The molecule has 0 heterocycles. The van der Waals surface area contributed by atoms with E-state index in [1.807, 2.05) is 31.2 Å². The zero-order valence-corrected chi connectivity index (χ0v) is 12.6. The molecule has 0 aliphatic heterocycles. The standard InChI is InChI=1S/C15H24N2O4/c1-12(11-18)10-17-15(19)16-8-3-9-21-14-6-4-13(20-2)5-7-14/h4-7,12,18H,3,8-11H2,1-2H3,(H2,16,17,19). The highest BCUT2D eigenvalue weighted by Gasteiger charge is 2.03. The van der Waals surface area contributed by atoms with E-state index in [1.165, 1.54) is 0 Å². The van der Waals surface area contributed by atoms with E-state index in [1.54, 1.807) is 7.11 Å². The Morgan fingerprint density at radius 1 is 1.24 bits per heavy atom. The van der Waals surface area contributed by atoms with Crippen molar-refractivity contribution in [2.75, 3.05) is 33.4 Å². The van der Waals surface area contributed by atoms with Gasteiger partial charge in [-0.1, -0.05) is 6.92 Å². The number of ether oxygens (including phenoxy) is 2. The third-order valence-electron chi connectivity index (χ3n) is 2.86. The number of amides is 2. The molecule has 2 amide bonds.